The predicted molar refractivity (Wildman–Crippen MR) is 66.6 cm³/mol. The number of benzene rings is 1. The second-order valence-corrected chi connectivity index (χ2v) is 4.51. The van der Waals surface area contributed by atoms with E-state index >= 15 is 0 Å². The van der Waals surface area contributed by atoms with Crippen LogP contribution in [-0.4, -0.2) is 12.6 Å². The van der Waals surface area contributed by atoms with Crippen LogP contribution in [0.2, 0.25) is 0 Å². The van der Waals surface area contributed by atoms with Crippen LogP contribution in [0.25, 0.3) is 0 Å². The van der Waals surface area contributed by atoms with Gasteiger partial charge < -0.3 is 10.1 Å². The molecule has 1 aromatic carbocycles. The van der Waals surface area contributed by atoms with E-state index in [-0.39, 0.29) is 0 Å². The highest BCUT2D eigenvalue weighted by Crippen LogP contribution is 2.22. The van der Waals surface area contributed by atoms with Gasteiger partial charge in [0, 0.05) is 18.2 Å². The average Bonchev–Trinajstić information content (AvgIpc) is 3.08. The summed E-state index contributed by atoms with van der Waals surface area (Å²) in [5, 5.41) is 3.50. The molecule has 2 rings (SSSR count). The van der Waals surface area contributed by atoms with Crippen molar-refractivity contribution in [3.63, 3.8) is 0 Å². The molecule has 0 saturated heterocycles. The van der Waals surface area contributed by atoms with Crippen LogP contribution in [0.15, 0.2) is 36.4 Å². The van der Waals surface area contributed by atoms with Crippen LogP contribution in [0.5, 0.6) is 5.75 Å². The first kappa shape index (κ1) is 11.2. The minimum atomic E-state index is 0.598. The van der Waals surface area contributed by atoms with Gasteiger partial charge in [-0.1, -0.05) is 24.8 Å². The molecule has 1 saturated carbocycles. The zero-order valence-electron chi connectivity index (χ0n) is 9.83. The Labute approximate surface area is 97.3 Å². The Morgan fingerprint density at radius 2 is 2.19 bits per heavy atom. The standard InChI is InChI=1S/C14H19NO/c1-11(2)10-16-14-6-4-3-5-12(14)9-15-13-7-8-13/h3-6,13,15H,1,7-10H2,2H3. The summed E-state index contributed by atoms with van der Waals surface area (Å²) < 4.78 is 5.71. The van der Waals surface area contributed by atoms with Crippen LogP contribution >= 0.6 is 0 Å². The second-order valence-electron chi connectivity index (χ2n) is 4.51. The first-order valence-corrected chi connectivity index (χ1v) is 5.84. The van der Waals surface area contributed by atoms with Crippen molar-refractivity contribution in [2.24, 2.45) is 0 Å². The smallest absolute Gasteiger partial charge is 0.124 e. The highest BCUT2D eigenvalue weighted by Gasteiger charge is 2.20. The van der Waals surface area contributed by atoms with Gasteiger partial charge in [-0.25, -0.2) is 0 Å². The molecule has 0 aromatic heterocycles. The van der Waals surface area contributed by atoms with Crippen LogP contribution in [0, 0.1) is 0 Å². The number of para-hydroxylation sites is 1. The second kappa shape index (κ2) is 5.17. The van der Waals surface area contributed by atoms with E-state index in [1.807, 2.05) is 19.1 Å². The number of ether oxygens (including phenoxy) is 1. The van der Waals surface area contributed by atoms with Gasteiger partial charge in [0.05, 0.1) is 0 Å². The average molecular weight is 217 g/mol. The fraction of sp³-hybridized carbons (Fsp3) is 0.429. The molecule has 0 bridgehead atoms. The molecule has 1 aliphatic rings. The van der Waals surface area contributed by atoms with Crippen LogP contribution < -0.4 is 10.1 Å². The third-order valence-corrected chi connectivity index (χ3v) is 2.61. The molecule has 16 heavy (non-hydrogen) atoms. The Hall–Kier alpha value is -1.28. The fourth-order valence-corrected chi connectivity index (χ4v) is 1.53. The van der Waals surface area contributed by atoms with Gasteiger partial charge in [0.2, 0.25) is 0 Å². The number of hydrogen-bond acceptors (Lipinski definition) is 2. The third-order valence-electron chi connectivity index (χ3n) is 2.61. The van der Waals surface area contributed by atoms with E-state index in [1.54, 1.807) is 0 Å². The zero-order valence-corrected chi connectivity index (χ0v) is 9.83. The summed E-state index contributed by atoms with van der Waals surface area (Å²) in [7, 11) is 0. The molecule has 2 nitrogen and oxygen atoms in total. The molecule has 1 fully saturated rings. The molecule has 0 aliphatic heterocycles. The van der Waals surface area contributed by atoms with Gasteiger partial charge in [-0.15, -0.1) is 0 Å². The van der Waals surface area contributed by atoms with Crippen molar-refractivity contribution >= 4 is 0 Å². The summed E-state index contributed by atoms with van der Waals surface area (Å²) >= 11 is 0. The van der Waals surface area contributed by atoms with E-state index < -0.39 is 0 Å². The van der Waals surface area contributed by atoms with Crippen molar-refractivity contribution in [2.45, 2.75) is 32.4 Å². The Balaban J connectivity index is 1.94. The molecule has 86 valence electrons. The van der Waals surface area contributed by atoms with Crippen molar-refractivity contribution < 1.29 is 4.74 Å². The first-order chi connectivity index (χ1) is 7.75. The Kier molecular flexibility index (Phi) is 3.62. The van der Waals surface area contributed by atoms with Gasteiger partial charge in [0.1, 0.15) is 12.4 Å². The van der Waals surface area contributed by atoms with E-state index in [9.17, 15) is 0 Å². The van der Waals surface area contributed by atoms with Crippen LogP contribution in [-0.2, 0) is 6.54 Å². The van der Waals surface area contributed by atoms with Gasteiger partial charge in [0.25, 0.3) is 0 Å². The molecule has 0 amide bonds. The van der Waals surface area contributed by atoms with Crippen LogP contribution in [0.1, 0.15) is 25.3 Å². The van der Waals surface area contributed by atoms with Gasteiger partial charge in [-0.2, -0.15) is 0 Å². The van der Waals surface area contributed by atoms with Gasteiger partial charge in [0.15, 0.2) is 0 Å². The number of nitrogens with one attached hydrogen (secondary N) is 1. The molecule has 0 unspecified atom stereocenters. The molecule has 0 radical (unpaired) electrons. The highest BCUT2D eigenvalue weighted by molar-refractivity contribution is 5.33. The number of rotatable bonds is 6. The summed E-state index contributed by atoms with van der Waals surface area (Å²) in [6.07, 6.45) is 2.63. The summed E-state index contributed by atoms with van der Waals surface area (Å²) in [4.78, 5) is 0. The van der Waals surface area contributed by atoms with Crippen molar-refractivity contribution in [2.75, 3.05) is 6.61 Å². The summed E-state index contributed by atoms with van der Waals surface area (Å²) in [5.41, 5.74) is 2.28. The Morgan fingerprint density at radius 3 is 2.88 bits per heavy atom. The van der Waals surface area contributed by atoms with Gasteiger partial charge >= 0.3 is 0 Å². The van der Waals surface area contributed by atoms with Crippen molar-refractivity contribution in [3.05, 3.63) is 42.0 Å². The Morgan fingerprint density at radius 1 is 1.44 bits per heavy atom. The predicted octanol–water partition coefficient (Wildman–Crippen LogP) is 2.89. The van der Waals surface area contributed by atoms with Gasteiger partial charge in [-0.3, -0.25) is 0 Å². The lowest BCUT2D eigenvalue weighted by molar-refractivity contribution is 0.347. The third kappa shape index (κ3) is 3.38. The Bertz CT molecular complexity index is 369. The fourth-order valence-electron chi connectivity index (χ4n) is 1.53. The summed E-state index contributed by atoms with van der Waals surface area (Å²) in [6, 6.07) is 8.93. The maximum atomic E-state index is 5.71. The lowest BCUT2D eigenvalue weighted by Crippen LogP contribution is -2.16. The maximum Gasteiger partial charge on any atom is 0.124 e. The molecule has 1 aliphatic carbocycles. The van der Waals surface area contributed by atoms with Crippen LogP contribution in [0.3, 0.4) is 0 Å². The number of hydrogen-bond donors (Lipinski definition) is 1. The molecule has 0 spiro atoms. The minimum Gasteiger partial charge on any atom is -0.489 e. The molecular weight excluding hydrogens is 198 g/mol. The van der Waals surface area contributed by atoms with Crippen molar-refractivity contribution in [1.82, 2.24) is 5.32 Å². The molecule has 1 aromatic rings. The summed E-state index contributed by atoms with van der Waals surface area (Å²) in [6.45, 7) is 7.32. The largest absolute Gasteiger partial charge is 0.489 e. The van der Waals surface area contributed by atoms with E-state index in [4.69, 9.17) is 4.74 Å². The SMILES string of the molecule is C=C(C)COc1ccccc1CNC1CC1. The van der Waals surface area contributed by atoms with Gasteiger partial charge in [-0.05, 0) is 31.4 Å². The van der Waals surface area contributed by atoms with Crippen molar-refractivity contribution in [3.8, 4) is 5.75 Å². The summed E-state index contributed by atoms with van der Waals surface area (Å²) in [5.74, 6) is 0.971. The van der Waals surface area contributed by atoms with E-state index in [1.165, 1.54) is 18.4 Å². The zero-order chi connectivity index (χ0) is 11.4. The molecular formula is C14H19NO. The first-order valence-electron chi connectivity index (χ1n) is 5.84. The molecule has 0 heterocycles. The molecule has 0 atom stereocenters. The lowest BCUT2D eigenvalue weighted by Gasteiger charge is -2.11. The topological polar surface area (TPSA) is 21.3 Å². The monoisotopic (exact) mass is 217 g/mol. The quantitative estimate of drug-likeness (QED) is 0.740. The van der Waals surface area contributed by atoms with E-state index in [0.29, 0.717) is 6.61 Å². The normalized spacial score (nSPS) is 14.8. The van der Waals surface area contributed by atoms with Crippen LogP contribution in [0.4, 0.5) is 0 Å². The highest BCUT2D eigenvalue weighted by atomic mass is 16.5. The van der Waals surface area contributed by atoms with E-state index in [0.717, 1.165) is 23.9 Å². The van der Waals surface area contributed by atoms with E-state index in [2.05, 4.69) is 24.0 Å². The molecule has 2 heteroatoms. The molecule has 1 N–H and O–H groups in total. The minimum absolute atomic E-state index is 0.598. The maximum absolute atomic E-state index is 5.71. The lowest BCUT2D eigenvalue weighted by atomic mass is 10.2. The van der Waals surface area contributed by atoms with Crippen molar-refractivity contribution in [1.29, 1.82) is 0 Å².